The summed E-state index contributed by atoms with van der Waals surface area (Å²) >= 11 is 0. The summed E-state index contributed by atoms with van der Waals surface area (Å²) in [6.45, 7) is 6.93. The first-order chi connectivity index (χ1) is 15.7. The van der Waals surface area contributed by atoms with Crippen LogP contribution in [0.2, 0.25) is 0 Å². The van der Waals surface area contributed by atoms with E-state index in [4.69, 9.17) is 19.9 Å². The van der Waals surface area contributed by atoms with Gasteiger partial charge in [-0.1, -0.05) is 27.2 Å². The number of H-pyrrole nitrogens is 1. The standard InChI is InChI=1S/C23H34N4O6/c1-6-7-11-33-17-9-8-16(13-18(17)32-5)22(29)26(10-12-31-4)19-20(24)27(14-15(2)3)23(30)25-21(19)28/h8-9,13,15H,6-7,10-12,14,24H2,1-5H3,(H,25,28,30). The van der Waals surface area contributed by atoms with Crippen LogP contribution < -0.4 is 31.4 Å². The summed E-state index contributed by atoms with van der Waals surface area (Å²) in [6.07, 6.45) is 1.88. The number of benzene rings is 1. The van der Waals surface area contributed by atoms with Gasteiger partial charge >= 0.3 is 5.69 Å². The van der Waals surface area contributed by atoms with Crippen LogP contribution in [0.15, 0.2) is 27.8 Å². The van der Waals surface area contributed by atoms with Crippen LogP contribution in [0.25, 0.3) is 0 Å². The zero-order chi connectivity index (χ0) is 24.5. The normalized spacial score (nSPS) is 11.0. The summed E-state index contributed by atoms with van der Waals surface area (Å²) in [5.74, 6) is 0.450. The Labute approximate surface area is 193 Å². The molecule has 2 aromatic rings. The van der Waals surface area contributed by atoms with Gasteiger partial charge in [-0.05, 0) is 30.5 Å². The number of hydrogen-bond acceptors (Lipinski definition) is 7. The van der Waals surface area contributed by atoms with Crippen molar-refractivity contribution in [1.29, 1.82) is 0 Å². The average molecular weight is 463 g/mol. The number of nitrogen functional groups attached to an aromatic ring is 1. The molecule has 33 heavy (non-hydrogen) atoms. The molecule has 182 valence electrons. The molecule has 1 aromatic heterocycles. The van der Waals surface area contributed by atoms with Crippen LogP contribution >= 0.6 is 0 Å². The molecule has 0 fully saturated rings. The van der Waals surface area contributed by atoms with Gasteiger partial charge in [0.05, 0.1) is 20.3 Å². The van der Waals surface area contributed by atoms with Crippen LogP contribution in [-0.2, 0) is 11.3 Å². The van der Waals surface area contributed by atoms with Crippen LogP contribution in [-0.4, -0.2) is 49.4 Å². The average Bonchev–Trinajstić information content (AvgIpc) is 2.78. The van der Waals surface area contributed by atoms with Gasteiger partial charge in [-0.3, -0.25) is 24.0 Å². The summed E-state index contributed by atoms with van der Waals surface area (Å²) in [4.78, 5) is 42.0. The number of nitrogens with zero attached hydrogens (tertiary/aromatic N) is 2. The van der Waals surface area contributed by atoms with E-state index in [1.54, 1.807) is 18.2 Å². The highest BCUT2D eigenvalue weighted by molar-refractivity contribution is 6.07. The summed E-state index contributed by atoms with van der Waals surface area (Å²) in [5.41, 5.74) is 5.04. The maximum atomic E-state index is 13.5. The zero-order valence-electron chi connectivity index (χ0n) is 20.0. The van der Waals surface area contributed by atoms with Gasteiger partial charge < -0.3 is 19.9 Å². The van der Waals surface area contributed by atoms with Crippen molar-refractivity contribution in [3.05, 3.63) is 44.6 Å². The number of carbonyl (C=O) groups is 1. The van der Waals surface area contributed by atoms with Gasteiger partial charge in [-0.2, -0.15) is 0 Å². The van der Waals surface area contributed by atoms with Gasteiger partial charge in [0.1, 0.15) is 5.82 Å². The van der Waals surface area contributed by atoms with Crippen LogP contribution in [0.1, 0.15) is 44.0 Å². The lowest BCUT2D eigenvalue weighted by molar-refractivity contribution is 0.0975. The number of nitrogens with two attached hydrogens (primary N) is 1. The minimum absolute atomic E-state index is 0.0551. The molecule has 0 bridgehead atoms. The van der Waals surface area contributed by atoms with E-state index in [1.165, 1.54) is 23.7 Å². The Kier molecular flexibility index (Phi) is 9.53. The van der Waals surface area contributed by atoms with Crippen LogP contribution in [0.3, 0.4) is 0 Å². The minimum Gasteiger partial charge on any atom is -0.493 e. The molecule has 0 saturated carbocycles. The maximum absolute atomic E-state index is 13.5. The monoisotopic (exact) mass is 462 g/mol. The first kappa shape index (κ1) is 26.0. The molecule has 3 N–H and O–H groups in total. The van der Waals surface area contributed by atoms with Gasteiger partial charge in [-0.15, -0.1) is 0 Å². The molecule has 2 rings (SSSR count). The van der Waals surface area contributed by atoms with E-state index in [2.05, 4.69) is 11.9 Å². The number of ether oxygens (including phenoxy) is 3. The van der Waals surface area contributed by atoms with Gasteiger partial charge in [0.15, 0.2) is 17.2 Å². The molecule has 0 saturated heterocycles. The quantitative estimate of drug-likeness (QED) is 0.463. The third-order valence-corrected chi connectivity index (χ3v) is 4.96. The smallest absolute Gasteiger partial charge is 0.330 e. The number of hydrogen-bond donors (Lipinski definition) is 2. The number of carbonyl (C=O) groups excluding carboxylic acids is 1. The first-order valence-corrected chi connectivity index (χ1v) is 11.0. The number of nitrogens with one attached hydrogen (secondary N) is 1. The van der Waals surface area contributed by atoms with Gasteiger partial charge in [-0.25, -0.2) is 4.79 Å². The molecule has 0 atom stereocenters. The Morgan fingerprint density at radius 1 is 1.18 bits per heavy atom. The van der Waals surface area contributed by atoms with Crippen molar-refractivity contribution in [2.45, 2.75) is 40.2 Å². The number of methoxy groups -OCH3 is 2. The molecule has 1 aromatic carbocycles. The highest BCUT2D eigenvalue weighted by Crippen LogP contribution is 2.30. The Balaban J connectivity index is 2.52. The van der Waals surface area contributed by atoms with Crippen LogP contribution in [0.5, 0.6) is 11.5 Å². The maximum Gasteiger partial charge on any atom is 0.330 e. The molecule has 0 aliphatic heterocycles. The lowest BCUT2D eigenvalue weighted by atomic mass is 10.1. The number of aromatic amines is 1. The van der Waals surface area contributed by atoms with Crippen molar-refractivity contribution < 1.29 is 19.0 Å². The number of aromatic nitrogens is 2. The van der Waals surface area contributed by atoms with Crippen molar-refractivity contribution in [1.82, 2.24) is 9.55 Å². The number of rotatable bonds is 12. The molecule has 10 heteroatoms. The number of anilines is 2. The molecule has 10 nitrogen and oxygen atoms in total. The molecule has 0 radical (unpaired) electrons. The van der Waals surface area contributed by atoms with E-state index in [0.717, 1.165) is 12.8 Å². The SMILES string of the molecule is CCCCOc1ccc(C(=O)N(CCOC)c2c(N)n(CC(C)C)c(=O)[nH]c2=O)cc1OC. The van der Waals surface area contributed by atoms with Gasteiger partial charge in [0.2, 0.25) is 0 Å². The fourth-order valence-electron chi connectivity index (χ4n) is 3.28. The largest absolute Gasteiger partial charge is 0.493 e. The molecular weight excluding hydrogens is 428 g/mol. The fourth-order valence-corrected chi connectivity index (χ4v) is 3.28. The predicted octanol–water partition coefficient (Wildman–Crippen LogP) is 2.26. The third kappa shape index (κ3) is 6.38. The molecule has 0 unspecified atom stereocenters. The van der Waals surface area contributed by atoms with Crippen LogP contribution in [0, 0.1) is 5.92 Å². The second-order valence-corrected chi connectivity index (χ2v) is 8.01. The third-order valence-electron chi connectivity index (χ3n) is 4.96. The number of unbranched alkanes of at least 4 members (excludes halogenated alkanes) is 1. The molecule has 0 aliphatic carbocycles. The molecule has 0 spiro atoms. The Bertz CT molecular complexity index is 1060. The molecule has 1 heterocycles. The van der Waals surface area contributed by atoms with Gasteiger partial charge in [0.25, 0.3) is 11.5 Å². The van der Waals surface area contributed by atoms with E-state index in [-0.39, 0.29) is 36.1 Å². The van der Waals surface area contributed by atoms with Crippen LogP contribution in [0.4, 0.5) is 11.5 Å². The Morgan fingerprint density at radius 3 is 2.52 bits per heavy atom. The van der Waals surface area contributed by atoms with Crippen molar-refractivity contribution in [2.75, 3.05) is 44.6 Å². The van der Waals surface area contributed by atoms with Crippen molar-refractivity contribution in [3.63, 3.8) is 0 Å². The molecule has 1 amide bonds. The summed E-state index contributed by atoms with van der Waals surface area (Å²) < 4.78 is 17.5. The topological polar surface area (TPSA) is 129 Å². The van der Waals surface area contributed by atoms with E-state index in [1.807, 2.05) is 13.8 Å². The zero-order valence-corrected chi connectivity index (χ0v) is 20.0. The van der Waals surface area contributed by atoms with E-state index in [9.17, 15) is 14.4 Å². The molecule has 0 aliphatic rings. The summed E-state index contributed by atoms with van der Waals surface area (Å²) in [5, 5.41) is 0. The highest BCUT2D eigenvalue weighted by Gasteiger charge is 2.26. The van der Waals surface area contributed by atoms with Crippen molar-refractivity contribution >= 4 is 17.4 Å². The van der Waals surface area contributed by atoms with Crippen molar-refractivity contribution in [2.24, 2.45) is 5.92 Å². The fraction of sp³-hybridized carbons (Fsp3) is 0.522. The summed E-state index contributed by atoms with van der Waals surface area (Å²) in [7, 11) is 2.98. The van der Waals surface area contributed by atoms with Crippen molar-refractivity contribution in [3.8, 4) is 11.5 Å². The van der Waals surface area contributed by atoms with E-state index in [0.29, 0.717) is 24.7 Å². The second kappa shape index (κ2) is 12.1. The molecular formula is C23H34N4O6. The number of amides is 1. The predicted molar refractivity (Wildman–Crippen MR) is 128 cm³/mol. The highest BCUT2D eigenvalue weighted by atomic mass is 16.5. The Hall–Kier alpha value is -3.27. The van der Waals surface area contributed by atoms with E-state index >= 15 is 0 Å². The first-order valence-electron chi connectivity index (χ1n) is 11.0. The minimum atomic E-state index is -0.742. The van der Waals surface area contributed by atoms with Gasteiger partial charge in [0, 0.05) is 25.8 Å². The lowest BCUT2D eigenvalue weighted by Crippen LogP contribution is -2.42. The lowest BCUT2D eigenvalue weighted by Gasteiger charge is -2.25. The Morgan fingerprint density at radius 2 is 1.91 bits per heavy atom. The second-order valence-electron chi connectivity index (χ2n) is 8.01. The van der Waals surface area contributed by atoms with E-state index < -0.39 is 17.2 Å². The summed E-state index contributed by atoms with van der Waals surface area (Å²) in [6, 6.07) is 4.81.